The second kappa shape index (κ2) is 4.09. The van der Waals surface area contributed by atoms with E-state index in [9.17, 15) is 4.79 Å². The van der Waals surface area contributed by atoms with Crippen molar-refractivity contribution < 1.29 is 4.42 Å². The average Bonchev–Trinajstić information content (AvgIpc) is 2.54. The maximum atomic E-state index is 11.6. The van der Waals surface area contributed by atoms with Crippen molar-refractivity contribution in [2.75, 3.05) is 0 Å². The first-order valence-electron chi connectivity index (χ1n) is 4.72. The maximum Gasteiger partial charge on any atom is 0.288 e. The number of hydrogen-bond donors (Lipinski definition) is 0. The van der Waals surface area contributed by atoms with Gasteiger partial charge in [0.2, 0.25) is 5.89 Å². The molecule has 0 bridgehead atoms. The zero-order valence-corrected chi connectivity index (χ0v) is 9.65. The zero-order valence-electron chi connectivity index (χ0n) is 8.90. The van der Waals surface area contributed by atoms with Gasteiger partial charge in [0.15, 0.2) is 5.15 Å². The molecule has 0 aromatic carbocycles. The molecule has 0 fully saturated rings. The molecular formula is C10H10ClN3O2. The predicted molar refractivity (Wildman–Crippen MR) is 58.6 cm³/mol. The summed E-state index contributed by atoms with van der Waals surface area (Å²) in [7, 11) is 0. The Hall–Kier alpha value is -1.62. The van der Waals surface area contributed by atoms with Crippen molar-refractivity contribution in [2.24, 2.45) is 0 Å². The molecule has 0 aliphatic heterocycles. The van der Waals surface area contributed by atoms with Crippen molar-refractivity contribution in [1.29, 1.82) is 0 Å². The average molecular weight is 240 g/mol. The first-order chi connectivity index (χ1) is 7.58. The summed E-state index contributed by atoms with van der Waals surface area (Å²) < 4.78 is 6.78. The molecule has 2 aromatic rings. The molecular weight excluding hydrogens is 230 g/mol. The molecule has 6 heteroatoms. The lowest BCUT2D eigenvalue weighted by Gasteiger charge is -2.01. The van der Waals surface area contributed by atoms with Gasteiger partial charge in [-0.05, 0) is 13.8 Å². The Kier molecular flexibility index (Phi) is 2.78. The van der Waals surface area contributed by atoms with E-state index in [1.54, 1.807) is 6.20 Å². The van der Waals surface area contributed by atoms with Crippen molar-refractivity contribution in [2.45, 2.75) is 20.4 Å². The van der Waals surface area contributed by atoms with Gasteiger partial charge in [-0.25, -0.2) is 9.97 Å². The summed E-state index contributed by atoms with van der Waals surface area (Å²) in [6.07, 6.45) is 3.01. The van der Waals surface area contributed by atoms with E-state index in [1.165, 1.54) is 10.8 Å². The Bertz CT molecular complexity index is 554. The third kappa shape index (κ3) is 1.99. The minimum Gasteiger partial charge on any atom is -0.444 e. The third-order valence-corrected chi connectivity index (χ3v) is 2.51. The molecule has 0 amide bonds. The summed E-state index contributed by atoms with van der Waals surface area (Å²) in [5.74, 6) is 1.24. The molecule has 16 heavy (non-hydrogen) atoms. The summed E-state index contributed by atoms with van der Waals surface area (Å²) in [4.78, 5) is 19.4. The number of nitrogens with zero attached hydrogens (tertiary/aromatic N) is 3. The number of rotatable bonds is 2. The van der Waals surface area contributed by atoms with E-state index in [4.69, 9.17) is 16.0 Å². The predicted octanol–water partition coefficient (Wildman–Crippen LogP) is 1.55. The van der Waals surface area contributed by atoms with E-state index < -0.39 is 0 Å². The molecule has 0 atom stereocenters. The summed E-state index contributed by atoms with van der Waals surface area (Å²) in [5, 5.41) is -0.0532. The van der Waals surface area contributed by atoms with E-state index >= 15 is 0 Å². The Labute approximate surface area is 96.7 Å². The molecule has 2 heterocycles. The fourth-order valence-corrected chi connectivity index (χ4v) is 1.46. The molecule has 0 aliphatic carbocycles. The summed E-state index contributed by atoms with van der Waals surface area (Å²) in [5.41, 5.74) is 0.473. The first-order valence-corrected chi connectivity index (χ1v) is 5.09. The monoisotopic (exact) mass is 239 g/mol. The fourth-order valence-electron chi connectivity index (χ4n) is 1.30. The van der Waals surface area contributed by atoms with Crippen molar-refractivity contribution in [3.63, 3.8) is 0 Å². The van der Waals surface area contributed by atoms with Crippen LogP contribution in [-0.2, 0) is 6.54 Å². The Morgan fingerprint density at radius 3 is 2.88 bits per heavy atom. The van der Waals surface area contributed by atoms with Gasteiger partial charge in [-0.15, -0.1) is 0 Å². The fraction of sp³-hybridized carbons (Fsp3) is 0.300. The van der Waals surface area contributed by atoms with Crippen molar-refractivity contribution in [3.05, 3.63) is 45.2 Å². The third-order valence-electron chi connectivity index (χ3n) is 2.25. The zero-order chi connectivity index (χ0) is 11.7. The molecule has 84 valence electrons. The van der Waals surface area contributed by atoms with Crippen molar-refractivity contribution in [1.82, 2.24) is 14.5 Å². The minimum absolute atomic E-state index is 0.0532. The number of hydrogen-bond acceptors (Lipinski definition) is 4. The quantitative estimate of drug-likeness (QED) is 0.798. The van der Waals surface area contributed by atoms with Crippen LogP contribution in [0.15, 0.2) is 21.6 Å². The van der Waals surface area contributed by atoms with E-state index in [0.717, 1.165) is 11.5 Å². The van der Waals surface area contributed by atoms with Crippen molar-refractivity contribution >= 4 is 11.6 Å². The highest BCUT2D eigenvalue weighted by atomic mass is 35.5. The highest BCUT2D eigenvalue weighted by Gasteiger charge is 2.08. The summed E-state index contributed by atoms with van der Waals surface area (Å²) >= 11 is 5.62. The number of aromatic nitrogens is 3. The molecule has 0 unspecified atom stereocenters. The van der Waals surface area contributed by atoms with Crippen LogP contribution in [0.2, 0.25) is 5.15 Å². The SMILES string of the molecule is Cc1nc(Cn2ccnc(Cl)c2=O)oc1C. The van der Waals surface area contributed by atoms with Crippen LogP contribution in [0.4, 0.5) is 0 Å². The lowest BCUT2D eigenvalue weighted by Crippen LogP contribution is -2.21. The Balaban J connectivity index is 2.34. The van der Waals surface area contributed by atoms with Gasteiger partial charge in [0.25, 0.3) is 5.56 Å². The van der Waals surface area contributed by atoms with E-state index in [0.29, 0.717) is 5.89 Å². The lowest BCUT2D eigenvalue weighted by atomic mass is 10.4. The van der Waals surface area contributed by atoms with Crippen LogP contribution >= 0.6 is 11.6 Å². The van der Waals surface area contributed by atoms with Gasteiger partial charge in [-0.1, -0.05) is 11.6 Å². The van der Waals surface area contributed by atoms with Gasteiger partial charge in [-0.2, -0.15) is 0 Å². The molecule has 2 rings (SSSR count). The van der Waals surface area contributed by atoms with Crippen LogP contribution in [0.5, 0.6) is 0 Å². The largest absolute Gasteiger partial charge is 0.444 e. The number of halogens is 1. The van der Waals surface area contributed by atoms with Gasteiger partial charge in [0.05, 0.1) is 5.69 Å². The van der Waals surface area contributed by atoms with Crippen LogP contribution in [0.25, 0.3) is 0 Å². The molecule has 0 saturated carbocycles. The first kappa shape index (κ1) is 10.9. The van der Waals surface area contributed by atoms with Gasteiger partial charge >= 0.3 is 0 Å². The number of oxazole rings is 1. The van der Waals surface area contributed by atoms with Gasteiger partial charge in [0, 0.05) is 12.4 Å². The molecule has 0 spiro atoms. The molecule has 2 aromatic heterocycles. The van der Waals surface area contributed by atoms with E-state index in [1.807, 2.05) is 13.8 Å². The van der Waals surface area contributed by atoms with Crippen molar-refractivity contribution in [3.8, 4) is 0 Å². The number of aryl methyl sites for hydroxylation is 2. The minimum atomic E-state index is -0.349. The maximum absolute atomic E-state index is 11.6. The van der Waals surface area contributed by atoms with E-state index in [-0.39, 0.29) is 17.3 Å². The normalized spacial score (nSPS) is 10.7. The highest BCUT2D eigenvalue weighted by molar-refractivity contribution is 6.29. The molecule has 0 aliphatic rings. The second-order valence-corrected chi connectivity index (χ2v) is 3.76. The smallest absolute Gasteiger partial charge is 0.288 e. The van der Waals surface area contributed by atoms with Crippen LogP contribution in [0.3, 0.4) is 0 Å². The molecule has 0 N–H and O–H groups in total. The summed E-state index contributed by atoms with van der Waals surface area (Å²) in [6.45, 7) is 3.94. The Morgan fingerprint density at radius 1 is 1.50 bits per heavy atom. The standard InChI is InChI=1S/C10H10ClN3O2/c1-6-7(2)16-8(13-6)5-14-4-3-12-9(11)10(14)15/h3-4H,5H2,1-2H3. The van der Waals surface area contributed by atoms with Crippen LogP contribution in [0.1, 0.15) is 17.3 Å². The van der Waals surface area contributed by atoms with Crippen LogP contribution in [-0.4, -0.2) is 14.5 Å². The second-order valence-electron chi connectivity index (χ2n) is 3.40. The molecule has 0 radical (unpaired) electrons. The molecule has 5 nitrogen and oxygen atoms in total. The van der Waals surface area contributed by atoms with Gasteiger partial charge < -0.3 is 8.98 Å². The topological polar surface area (TPSA) is 60.9 Å². The van der Waals surface area contributed by atoms with Crippen LogP contribution < -0.4 is 5.56 Å². The van der Waals surface area contributed by atoms with Gasteiger partial charge in [-0.3, -0.25) is 4.79 Å². The Morgan fingerprint density at radius 2 is 2.25 bits per heavy atom. The highest BCUT2D eigenvalue weighted by Crippen LogP contribution is 2.09. The summed E-state index contributed by atoms with van der Waals surface area (Å²) in [6, 6.07) is 0. The molecule has 0 saturated heterocycles. The lowest BCUT2D eigenvalue weighted by molar-refractivity contribution is 0.453. The van der Waals surface area contributed by atoms with E-state index in [2.05, 4.69) is 9.97 Å². The van der Waals surface area contributed by atoms with Gasteiger partial charge in [0.1, 0.15) is 12.3 Å². The van der Waals surface area contributed by atoms with Crippen LogP contribution in [0, 0.1) is 13.8 Å².